The lowest BCUT2D eigenvalue weighted by molar-refractivity contribution is 0.465. The number of para-hydroxylation sites is 1. The number of aromatic hydroxyl groups is 1. The maximum absolute atomic E-state index is 9.47. The molecule has 0 bridgehead atoms. The Bertz CT molecular complexity index is 241. The molecule has 0 saturated carbocycles. The summed E-state index contributed by atoms with van der Waals surface area (Å²) >= 11 is 0. The summed E-state index contributed by atoms with van der Waals surface area (Å²) in [6, 6.07) is 5.68. The van der Waals surface area contributed by atoms with Crippen molar-refractivity contribution in [2.24, 2.45) is 0 Å². The Morgan fingerprint density at radius 2 is 2.18 bits per heavy atom. The van der Waals surface area contributed by atoms with Crippen LogP contribution in [0.15, 0.2) is 18.2 Å². The molecule has 1 radical (unpaired) electrons. The van der Waals surface area contributed by atoms with Crippen molar-refractivity contribution in [3.63, 3.8) is 0 Å². The van der Waals surface area contributed by atoms with Gasteiger partial charge >= 0.3 is 0 Å². The van der Waals surface area contributed by atoms with Crippen LogP contribution in [0.2, 0.25) is 0 Å². The third-order valence-corrected chi connectivity index (χ3v) is 1.72. The molecule has 0 aromatic heterocycles. The number of phenols is 1. The summed E-state index contributed by atoms with van der Waals surface area (Å²) in [7, 11) is 0. The molecular weight excluding hydrogens is 136 g/mol. The van der Waals surface area contributed by atoms with Crippen molar-refractivity contribution in [1.82, 2.24) is 0 Å². The third kappa shape index (κ3) is 1.73. The zero-order chi connectivity index (χ0) is 8.27. The summed E-state index contributed by atoms with van der Waals surface area (Å²) in [4.78, 5) is 0. The van der Waals surface area contributed by atoms with Crippen molar-refractivity contribution in [2.45, 2.75) is 19.8 Å². The van der Waals surface area contributed by atoms with Gasteiger partial charge < -0.3 is 5.11 Å². The van der Waals surface area contributed by atoms with Gasteiger partial charge in [-0.3, -0.25) is 0 Å². The van der Waals surface area contributed by atoms with Gasteiger partial charge in [0.2, 0.25) is 0 Å². The van der Waals surface area contributed by atoms with E-state index in [4.69, 9.17) is 0 Å². The van der Waals surface area contributed by atoms with Gasteiger partial charge in [0.1, 0.15) is 5.75 Å². The Balaban J connectivity index is 2.96. The Hall–Kier alpha value is -0.980. The Kier molecular flexibility index (Phi) is 2.53. The fourth-order valence-electron chi connectivity index (χ4n) is 1.12. The Morgan fingerprint density at radius 1 is 1.45 bits per heavy atom. The predicted octanol–water partition coefficient (Wildman–Crippen LogP) is 2.53. The molecule has 0 fully saturated rings. The zero-order valence-electron chi connectivity index (χ0n) is 6.80. The lowest BCUT2D eigenvalue weighted by Crippen LogP contribution is -1.85. The molecule has 1 rings (SSSR count). The quantitative estimate of drug-likeness (QED) is 0.685. The van der Waals surface area contributed by atoms with Crippen LogP contribution in [0.5, 0.6) is 5.75 Å². The molecule has 1 nitrogen and oxygen atoms in total. The molecule has 0 saturated heterocycles. The number of aryl methyl sites for hydroxylation is 1. The van der Waals surface area contributed by atoms with Crippen molar-refractivity contribution in [2.75, 3.05) is 0 Å². The molecule has 1 aromatic carbocycles. The van der Waals surface area contributed by atoms with Crippen molar-refractivity contribution in [3.8, 4) is 5.75 Å². The fourth-order valence-corrected chi connectivity index (χ4v) is 1.12. The summed E-state index contributed by atoms with van der Waals surface area (Å²) in [5.41, 5.74) is 1.72. The van der Waals surface area contributed by atoms with Gasteiger partial charge in [0, 0.05) is 0 Å². The molecule has 0 aliphatic rings. The van der Waals surface area contributed by atoms with Crippen molar-refractivity contribution < 1.29 is 5.11 Å². The number of hydrogen-bond acceptors (Lipinski definition) is 1. The molecule has 11 heavy (non-hydrogen) atoms. The van der Waals surface area contributed by atoms with Gasteiger partial charge in [0.25, 0.3) is 0 Å². The van der Waals surface area contributed by atoms with Gasteiger partial charge in [-0.15, -0.1) is 0 Å². The van der Waals surface area contributed by atoms with Gasteiger partial charge in [-0.1, -0.05) is 31.5 Å². The number of rotatable bonds is 2. The van der Waals surface area contributed by atoms with E-state index in [0.29, 0.717) is 5.75 Å². The molecule has 0 aliphatic heterocycles. The Labute approximate surface area is 67.7 Å². The van der Waals surface area contributed by atoms with Crippen LogP contribution in [0.4, 0.5) is 0 Å². The number of phenolic OH excluding ortho intramolecular Hbond substituents is 1. The summed E-state index contributed by atoms with van der Waals surface area (Å²) in [5.74, 6) is 0.356. The summed E-state index contributed by atoms with van der Waals surface area (Å²) in [6.45, 7) is 5.81. The SMILES string of the molecule is [CH2]c1cccc(CCC)c1O. The molecule has 59 valence electrons. The van der Waals surface area contributed by atoms with Gasteiger partial charge in [0.05, 0.1) is 0 Å². The van der Waals surface area contributed by atoms with Crippen LogP contribution >= 0.6 is 0 Å². The molecule has 0 spiro atoms. The standard InChI is InChI=1S/C10H13O/c1-3-5-9-7-4-6-8(2)10(9)11/h4,6-7,11H,2-3,5H2,1H3. The van der Waals surface area contributed by atoms with Gasteiger partial charge in [0.15, 0.2) is 0 Å². The van der Waals surface area contributed by atoms with Crippen LogP contribution in [0.1, 0.15) is 24.5 Å². The lowest BCUT2D eigenvalue weighted by atomic mass is 10.1. The molecule has 0 aliphatic carbocycles. The maximum Gasteiger partial charge on any atom is 0.121 e. The highest BCUT2D eigenvalue weighted by Gasteiger charge is 2.00. The molecule has 1 aromatic rings. The van der Waals surface area contributed by atoms with Crippen LogP contribution in [-0.2, 0) is 6.42 Å². The molecule has 0 amide bonds. The van der Waals surface area contributed by atoms with Crippen LogP contribution < -0.4 is 0 Å². The van der Waals surface area contributed by atoms with E-state index in [1.807, 2.05) is 18.2 Å². The highest BCUT2D eigenvalue weighted by Crippen LogP contribution is 2.22. The molecule has 1 heteroatoms. The van der Waals surface area contributed by atoms with E-state index in [-0.39, 0.29) is 0 Å². The summed E-state index contributed by atoms with van der Waals surface area (Å²) in [5, 5.41) is 9.47. The minimum atomic E-state index is 0.356. The topological polar surface area (TPSA) is 20.2 Å². The minimum absolute atomic E-state index is 0.356. The van der Waals surface area contributed by atoms with Gasteiger partial charge in [-0.05, 0) is 24.5 Å². The highest BCUT2D eigenvalue weighted by atomic mass is 16.3. The maximum atomic E-state index is 9.47. The van der Waals surface area contributed by atoms with E-state index >= 15 is 0 Å². The Morgan fingerprint density at radius 3 is 2.82 bits per heavy atom. The average molecular weight is 149 g/mol. The molecular formula is C10H13O. The van der Waals surface area contributed by atoms with Crippen molar-refractivity contribution in [1.29, 1.82) is 0 Å². The first-order chi connectivity index (χ1) is 5.25. The predicted molar refractivity (Wildman–Crippen MR) is 46.6 cm³/mol. The number of benzene rings is 1. The second-order valence-corrected chi connectivity index (χ2v) is 2.67. The third-order valence-electron chi connectivity index (χ3n) is 1.72. The summed E-state index contributed by atoms with van der Waals surface area (Å²) < 4.78 is 0. The molecule has 0 heterocycles. The van der Waals surface area contributed by atoms with E-state index in [2.05, 4.69) is 13.8 Å². The van der Waals surface area contributed by atoms with Crippen LogP contribution in [-0.4, -0.2) is 5.11 Å². The second kappa shape index (κ2) is 3.42. The van der Waals surface area contributed by atoms with Crippen LogP contribution in [0.3, 0.4) is 0 Å². The van der Waals surface area contributed by atoms with E-state index in [1.54, 1.807) is 0 Å². The smallest absolute Gasteiger partial charge is 0.121 e. The van der Waals surface area contributed by atoms with Crippen LogP contribution in [0.25, 0.3) is 0 Å². The first-order valence-corrected chi connectivity index (χ1v) is 3.88. The van der Waals surface area contributed by atoms with Crippen molar-refractivity contribution >= 4 is 0 Å². The van der Waals surface area contributed by atoms with Gasteiger partial charge in [-0.25, -0.2) is 0 Å². The lowest BCUT2D eigenvalue weighted by Gasteiger charge is -2.04. The van der Waals surface area contributed by atoms with E-state index in [1.165, 1.54) is 0 Å². The second-order valence-electron chi connectivity index (χ2n) is 2.67. The highest BCUT2D eigenvalue weighted by molar-refractivity contribution is 5.41. The first kappa shape index (κ1) is 8.12. The van der Waals surface area contributed by atoms with Crippen molar-refractivity contribution in [3.05, 3.63) is 36.2 Å². The molecule has 0 unspecified atom stereocenters. The van der Waals surface area contributed by atoms with Gasteiger partial charge in [-0.2, -0.15) is 0 Å². The minimum Gasteiger partial charge on any atom is -0.507 e. The summed E-state index contributed by atoms with van der Waals surface area (Å²) in [6.07, 6.45) is 1.98. The van der Waals surface area contributed by atoms with E-state index in [9.17, 15) is 5.11 Å². The zero-order valence-corrected chi connectivity index (χ0v) is 6.80. The fraction of sp³-hybridized carbons (Fsp3) is 0.300. The normalized spacial score (nSPS) is 10.0. The number of hydrogen-bond donors (Lipinski definition) is 1. The first-order valence-electron chi connectivity index (χ1n) is 3.88. The van der Waals surface area contributed by atoms with Crippen LogP contribution in [0, 0.1) is 6.92 Å². The van der Waals surface area contributed by atoms with E-state index < -0.39 is 0 Å². The largest absolute Gasteiger partial charge is 0.507 e. The molecule has 1 N–H and O–H groups in total. The van der Waals surface area contributed by atoms with E-state index in [0.717, 1.165) is 24.0 Å². The monoisotopic (exact) mass is 149 g/mol. The average Bonchev–Trinajstić information content (AvgIpc) is 1.99. The molecule has 0 atom stereocenters.